The first-order chi connectivity index (χ1) is 18.3. The van der Waals surface area contributed by atoms with Gasteiger partial charge in [-0.25, -0.2) is 8.42 Å². The Morgan fingerprint density at radius 3 is 2.26 bits per heavy atom. The molecular weight excluding hydrogens is 514 g/mol. The number of methoxy groups -OCH3 is 2. The lowest BCUT2D eigenvalue weighted by atomic mass is 10.1. The molecule has 2 aromatic rings. The standard InChI is InChI=1S/C26H35N3O8S/c1-20(26(31)27-12-15-34-2)29(18-21-4-6-22(35-3)7-5-21)25(30)19-37-23-8-10-24(11-9-23)38(32,33)28-13-16-36-17-14-28/h4-11,20H,12-19H2,1-3H3,(H,27,31)/t20-/m1/s1. The zero-order valence-electron chi connectivity index (χ0n) is 21.9. The minimum Gasteiger partial charge on any atom is -0.497 e. The van der Waals surface area contributed by atoms with Gasteiger partial charge in [0.1, 0.15) is 17.5 Å². The number of amides is 2. The predicted octanol–water partition coefficient (Wildman–Crippen LogP) is 1.27. The van der Waals surface area contributed by atoms with E-state index in [-0.39, 0.29) is 24.0 Å². The summed E-state index contributed by atoms with van der Waals surface area (Å²) in [7, 11) is -0.526. The van der Waals surface area contributed by atoms with Crippen molar-refractivity contribution in [2.24, 2.45) is 0 Å². The number of ether oxygens (including phenoxy) is 4. The minimum absolute atomic E-state index is 0.139. The molecule has 3 rings (SSSR count). The third-order valence-corrected chi connectivity index (χ3v) is 7.99. The molecule has 0 aromatic heterocycles. The van der Waals surface area contributed by atoms with Gasteiger partial charge in [-0.1, -0.05) is 12.1 Å². The minimum atomic E-state index is -3.63. The van der Waals surface area contributed by atoms with E-state index in [0.717, 1.165) is 5.56 Å². The molecule has 2 amide bonds. The molecule has 38 heavy (non-hydrogen) atoms. The molecule has 0 saturated carbocycles. The van der Waals surface area contributed by atoms with Crippen LogP contribution in [0.5, 0.6) is 11.5 Å². The van der Waals surface area contributed by atoms with Crippen LogP contribution in [-0.4, -0.2) is 95.8 Å². The van der Waals surface area contributed by atoms with Crippen molar-refractivity contribution in [3.05, 3.63) is 54.1 Å². The number of rotatable bonds is 13. The molecular formula is C26H35N3O8S. The van der Waals surface area contributed by atoms with Gasteiger partial charge in [-0.3, -0.25) is 9.59 Å². The highest BCUT2D eigenvalue weighted by Gasteiger charge is 2.28. The number of morpholine rings is 1. The zero-order valence-corrected chi connectivity index (χ0v) is 22.7. The molecule has 1 atom stereocenters. The Hall–Kier alpha value is -3.19. The Balaban J connectivity index is 1.67. The van der Waals surface area contributed by atoms with Crippen molar-refractivity contribution in [2.75, 3.05) is 60.3 Å². The van der Waals surface area contributed by atoms with Crippen LogP contribution < -0.4 is 14.8 Å². The van der Waals surface area contributed by atoms with Gasteiger partial charge in [0, 0.05) is 33.3 Å². The van der Waals surface area contributed by atoms with Crippen LogP contribution in [-0.2, 0) is 35.6 Å². The maximum Gasteiger partial charge on any atom is 0.261 e. The van der Waals surface area contributed by atoms with E-state index in [1.165, 1.54) is 40.6 Å². The van der Waals surface area contributed by atoms with E-state index < -0.39 is 22.0 Å². The summed E-state index contributed by atoms with van der Waals surface area (Å²) in [5.74, 6) is 0.294. The van der Waals surface area contributed by atoms with Crippen LogP contribution in [0.1, 0.15) is 12.5 Å². The predicted molar refractivity (Wildman–Crippen MR) is 139 cm³/mol. The van der Waals surface area contributed by atoms with Crippen molar-refractivity contribution in [3.63, 3.8) is 0 Å². The number of benzene rings is 2. The van der Waals surface area contributed by atoms with Crippen LogP contribution in [0, 0.1) is 0 Å². The van der Waals surface area contributed by atoms with Crippen molar-refractivity contribution in [3.8, 4) is 11.5 Å². The lowest BCUT2D eigenvalue weighted by Crippen LogP contribution is -2.49. The Bertz CT molecular complexity index is 1150. The van der Waals surface area contributed by atoms with Gasteiger partial charge in [0.2, 0.25) is 15.9 Å². The molecule has 0 aliphatic carbocycles. The number of nitrogens with zero attached hydrogens (tertiary/aromatic N) is 2. The molecule has 1 fully saturated rings. The largest absolute Gasteiger partial charge is 0.497 e. The summed E-state index contributed by atoms with van der Waals surface area (Å²) in [5, 5.41) is 2.76. The summed E-state index contributed by atoms with van der Waals surface area (Å²) in [5.41, 5.74) is 0.813. The monoisotopic (exact) mass is 549 g/mol. The van der Waals surface area contributed by atoms with E-state index in [0.29, 0.717) is 51.0 Å². The number of nitrogens with one attached hydrogen (secondary N) is 1. The van der Waals surface area contributed by atoms with E-state index in [4.69, 9.17) is 18.9 Å². The highest BCUT2D eigenvalue weighted by molar-refractivity contribution is 7.89. The molecule has 0 bridgehead atoms. The maximum absolute atomic E-state index is 13.2. The molecule has 1 N–H and O–H groups in total. The molecule has 0 unspecified atom stereocenters. The van der Waals surface area contributed by atoms with Gasteiger partial charge in [-0.15, -0.1) is 0 Å². The van der Waals surface area contributed by atoms with Crippen LogP contribution >= 0.6 is 0 Å². The summed E-state index contributed by atoms with van der Waals surface area (Å²) >= 11 is 0. The molecule has 2 aromatic carbocycles. The van der Waals surface area contributed by atoms with Gasteiger partial charge in [0.05, 0.1) is 31.8 Å². The second-order valence-electron chi connectivity index (χ2n) is 8.61. The number of hydrogen-bond donors (Lipinski definition) is 1. The Morgan fingerprint density at radius 1 is 1.03 bits per heavy atom. The highest BCUT2D eigenvalue weighted by Crippen LogP contribution is 2.21. The highest BCUT2D eigenvalue weighted by atomic mass is 32.2. The van der Waals surface area contributed by atoms with Gasteiger partial charge in [-0.05, 0) is 48.9 Å². The lowest BCUT2D eigenvalue weighted by molar-refractivity contribution is -0.142. The van der Waals surface area contributed by atoms with Crippen LogP contribution in [0.4, 0.5) is 0 Å². The second kappa shape index (κ2) is 14.1. The van der Waals surface area contributed by atoms with Crippen molar-refractivity contribution >= 4 is 21.8 Å². The summed E-state index contributed by atoms with van der Waals surface area (Å²) in [4.78, 5) is 27.5. The molecule has 1 aliphatic heterocycles. The Kier molecular flexibility index (Phi) is 10.9. The molecule has 1 saturated heterocycles. The van der Waals surface area contributed by atoms with Gasteiger partial charge >= 0.3 is 0 Å². The number of carbonyl (C=O) groups excluding carboxylic acids is 2. The van der Waals surface area contributed by atoms with Crippen molar-refractivity contribution in [2.45, 2.75) is 24.4 Å². The summed E-state index contributed by atoms with van der Waals surface area (Å²) in [6.45, 7) is 3.49. The quantitative estimate of drug-likeness (QED) is 0.371. The molecule has 0 radical (unpaired) electrons. The van der Waals surface area contributed by atoms with Crippen molar-refractivity contribution in [1.29, 1.82) is 0 Å². The first kappa shape index (κ1) is 29.4. The molecule has 1 aliphatic rings. The third kappa shape index (κ3) is 7.90. The van der Waals surface area contributed by atoms with E-state index in [1.807, 2.05) is 12.1 Å². The first-order valence-corrected chi connectivity index (χ1v) is 13.7. The van der Waals surface area contributed by atoms with E-state index in [2.05, 4.69) is 5.32 Å². The van der Waals surface area contributed by atoms with Crippen LogP contribution in [0.25, 0.3) is 0 Å². The fourth-order valence-corrected chi connectivity index (χ4v) is 5.21. The SMILES string of the molecule is COCCNC(=O)[C@@H](C)N(Cc1ccc(OC)cc1)C(=O)COc1ccc(S(=O)(=O)N2CCOCC2)cc1. The maximum atomic E-state index is 13.2. The van der Waals surface area contributed by atoms with Gasteiger partial charge in [0.25, 0.3) is 5.91 Å². The third-order valence-electron chi connectivity index (χ3n) is 6.08. The molecule has 12 heteroatoms. The second-order valence-corrected chi connectivity index (χ2v) is 10.5. The molecule has 1 heterocycles. The van der Waals surface area contributed by atoms with E-state index in [9.17, 15) is 18.0 Å². The summed E-state index contributed by atoms with van der Waals surface area (Å²) in [6.07, 6.45) is 0. The van der Waals surface area contributed by atoms with Crippen LogP contribution in [0.15, 0.2) is 53.4 Å². The summed E-state index contributed by atoms with van der Waals surface area (Å²) in [6, 6.07) is 12.4. The number of sulfonamides is 1. The lowest BCUT2D eigenvalue weighted by Gasteiger charge is -2.29. The molecule has 208 valence electrons. The fraction of sp³-hybridized carbons (Fsp3) is 0.462. The Morgan fingerprint density at radius 2 is 1.66 bits per heavy atom. The number of hydrogen-bond acceptors (Lipinski definition) is 8. The topological polar surface area (TPSA) is 124 Å². The van der Waals surface area contributed by atoms with E-state index in [1.54, 1.807) is 26.2 Å². The Labute approximate surface area is 223 Å². The number of carbonyl (C=O) groups is 2. The normalized spacial score (nSPS) is 14.9. The van der Waals surface area contributed by atoms with Crippen LogP contribution in [0.3, 0.4) is 0 Å². The smallest absolute Gasteiger partial charge is 0.261 e. The molecule has 0 spiro atoms. The summed E-state index contributed by atoms with van der Waals surface area (Å²) < 4.78 is 48.1. The fourth-order valence-electron chi connectivity index (χ4n) is 3.81. The van der Waals surface area contributed by atoms with E-state index >= 15 is 0 Å². The molecule has 11 nitrogen and oxygen atoms in total. The average Bonchev–Trinajstić information content (AvgIpc) is 2.95. The van der Waals surface area contributed by atoms with Gasteiger partial charge in [-0.2, -0.15) is 4.31 Å². The van der Waals surface area contributed by atoms with Crippen LogP contribution in [0.2, 0.25) is 0 Å². The van der Waals surface area contributed by atoms with Crippen molar-refractivity contribution < 1.29 is 37.0 Å². The van der Waals surface area contributed by atoms with Crippen molar-refractivity contribution in [1.82, 2.24) is 14.5 Å². The first-order valence-electron chi connectivity index (χ1n) is 12.3. The average molecular weight is 550 g/mol. The van der Waals surface area contributed by atoms with Gasteiger partial charge in [0.15, 0.2) is 6.61 Å². The zero-order chi connectivity index (χ0) is 27.5. The van der Waals surface area contributed by atoms with Gasteiger partial charge < -0.3 is 29.2 Å².